The molecule has 0 bridgehead atoms. The third-order valence-electron chi connectivity index (χ3n) is 5.26. The van der Waals surface area contributed by atoms with Gasteiger partial charge in [0.1, 0.15) is 23.5 Å². The van der Waals surface area contributed by atoms with E-state index in [1.165, 1.54) is 6.33 Å². The van der Waals surface area contributed by atoms with Crippen LogP contribution >= 0.6 is 0 Å². The summed E-state index contributed by atoms with van der Waals surface area (Å²) < 4.78 is 10.9. The molecule has 0 spiro atoms. The number of piperazine rings is 1. The number of esters is 1. The molecule has 4 rings (SSSR count). The van der Waals surface area contributed by atoms with Gasteiger partial charge in [0, 0.05) is 31.9 Å². The van der Waals surface area contributed by atoms with Gasteiger partial charge in [0.05, 0.1) is 12.0 Å². The number of fused-ring (bicyclic) bond motifs is 1. The molecule has 0 atom stereocenters. The summed E-state index contributed by atoms with van der Waals surface area (Å²) >= 11 is 0. The molecule has 9 nitrogen and oxygen atoms in total. The maximum Gasteiger partial charge on any atom is 0.342 e. The topological polar surface area (TPSA) is 101 Å². The predicted octanol–water partition coefficient (Wildman–Crippen LogP) is 3.37. The van der Waals surface area contributed by atoms with Crippen molar-refractivity contribution in [3.63, 3.8) is 0 Å². The van der Waals surface area contributed by atoms with Crippen molar-refractivity contribution in [2.45, 2.75) is 20.8 Å². The fourth-order valence-corrected chi connectivity index (χ4v) is 3.76. The quantitative estimate of drug-likeness (QED) is 0.642. The zero-order chi connectivity index (χ0) is 22.0. The zero-order valence-electron chi connectivity index (χ0n) is 17.8. The van der Waals surface area contributed by atoms with Gasteiger partial charge in [-0.1, -0.05) is 12.1 Å². The number of ether oxygens (including phenoxy) is 1. The SMILES string of the molecule is CCOC(=O)c1c(C)oc2ncnc(N3CCN(C(=O)Nc4cccc(C)c4)CC3)c12. The maximum atomic E-state index is 12.6. The smallest absolute Gasteiger partial charge is 0.342 e. The van der Waals surface area contributed by atoms with E-state index in [4.69, 9.17) is 9.15 Å². The number of amides is 2. The Hall–Kier alpha value is -3.62. The maximum absolute atomic E-state index is 12.6. The molecule has 1 aliphatic heterocycles. The molecule has 3 aromatic rings. The predicted molar refractivity (Wildman–Crippen MR) is 116 cm³/mol. The lowest BCUT2D eigenvalue weighted by molar-refractivity contribution is 0.0526. The van der Waals surface area contributed by atoms with Crippen molar-refractivity contribution in [2.75, 3.05) is 43.0 Å². The Morgan fingerprint density at radius 3 is 2.65 bits per heavy atom. The van der Waals surface area contributed by atoms with E-state index < -0.39 is 5.97 Å². The fourth-order valence-electron chi connectivity index (χ4n) is 3.76. The van der Waals surface area contributed by atoms with Crippen LogP contribution in [-0.4, -0.2) is 59.7 Å². The normalized spacial score (nSPS) is 14.0. The van der Waals surface area contributed by atoms with Crippen molar-refractivity contribution in [2.24, 2.45) is 0 Å². The minimum Gasteiger partial charge on any atom is -0.462 e. The minimum atomic E-state index is -0.453. The molecule has 0 unspecified atom stereocenters. The second-order valence-corrected chi connectivity index (χ2v) is 7.40. The lowest BCUT2D eigenvalue weighted by atomic mass is 10.1. The highest BCUT2D eigenvalue weighted by Gasteiger charge is 2.28. The summed E-state index contributed by atoms with van der Waals surface area (Å²) in [6.07, 6.45) is 1.42. The van der Waals surface area contributed by atoms with E-state index in [-0.39, 0.29) is 12.6 Å². The first kappa shape index (κ1) is 20.6. The van der Waals surface area contributed by atoms with Crippen molar-refractivity contribution in [1.82, 2.24) is 14.9 Å². The highest BCUT2D eigenvalue weighted by molar-refractivity contribution is 6.07. The van der Waals surface area contributed by atoms with Gasteiger partial charge in [0.15, 0.2) is 0 Å². The first-order valence-electron chi connectivity index (χ1n) is 10.3. The average molecular weight is 423 g/mol. The summed E-state index contributed by atoms with van der Waals surface area (Å²) in [4.78, 5) is 37.5. The van der Waals surface area contributed by atoms with Crippen LogP contribution < -0.4 is 10.2 Å². The van der Waals surface area contributed by atoms with Gasteiger partial charge >= 0.3 is 12.0 Å². The number of urea groups is 1. The zero-order valence-corrected chi connectivity index (χ0v) is 17.8. The summed E-state index contributed by atoms with van der Waals surface area (Å²) in [7, 11) is 0. The lowest BCUT2D eigenvalue weighted by Gasteiger charge is -2.35. The monoisotopic (exact) mass is 423 g/mol. The number of aryl methyl sites for hydroxylation is 2. The number of aromatic nitrogens is 2. The largest absolute Gasteiger partial charge is 0.462 e. The number of benzene rings is 1. The Kier molecular flexibility index (Phi) is 5.75. The van der Waals surface area contributed by atoms with E-state index in [0.717, 1.165) is 11.3 Å². The fraction of sp³-hybridized carbons (Fsp3) is 0.364. The Bertz CT molecular complexity index is 1120. The molecule has 0 aliphatic carbocycles. The van der Waals surface area contributed by atoms with E-state index >= 15 is 0 Å². The first-order chi connectivity index (χ1) is 15.0. The standard InChI is InChI=1S/C22H25N5O4/c1-4-30-21(28)17-15(3)31-20-18(17)19(23-13-24-20)26-8-10-27(11-9-26)22(29)25-16-7-5-6-14(2)12-16/h5-7,12-13H,4,8-11H2,1-3H3,(H,25,29). The summed E-state index contributed by atoms with van der Waals surface area (Å²) in [5.41, 5.74) is 2.57. The molecule has 31 heavy (non-hydrogen) atoms. The minimum absolute atomic E-state index is 0.135. The van der Waals surface area contributed by atoms with Gasteiger partial charge in [-0.05, 0) is 38.5 Å². The Morgan fingerprint density at radius 1 is 1.16 bits per heavy atom. The van der Waals surface area contributed by atoms with Crippen LogP contribution in [0.2, 0.25) is 0 Å². The summed E-state index contributed by atoms with van der Waals surface area (Å²) in [5, 5.41) is 3.50. The molecule has 2 amide bonds. The van der Waals surface area contributed by atoms with Crippen molar-refractivity contribution < 1.29 is 18.7 Å². The van der Waals surface area contributed by atoms with Gasteiger partial charge in [-0.25, -0.2) is 19.6 Å². The van der Waals surface area contributed by atoms with E-state index in [1.54, 1.807) is 18.7 Å². The van der Waals surface area contributed by atoms with Gasteiger partial charge in [-0.15, -0.1) is 0 Å². The van der Waals surface area contributed by atoms with Crippen LogP contribution in [0.15, 0.2) is 35.0 Å². The van der Waals surface area contributed by atoms with Crippen LogP contribution in [0.25, 0.3) is 11.1 Å². The first-order valence-corrected chi connectivity index (χ1v) is 10.3. The molecule has 9 heteroatoms. The molecule has 1 N–H and O–H groups in total. The Labute approximate surface area is 180 Å². The third kappa shape index (κ3) is 4.16. The molecule has 162 valence electrons. The Morgan fingerprint density at radius 2 is 1.94 bits per heavy atom. The van der Waals surface area contributed by atoms with E-state index in [2.05, 4.69) is 15.3 Å². The molecular weight excluding hydrogens is 398 g/mol. The molecule has 1 aliphatic rings. The van der Waals surface area contributed by atoms with E-state index in [9.17, 15) is 9.59 Å². The average Bonchev–Trinajstić information content (AvgIpc) is 3.10. The second-order valence-electron chi connectivity index (χ2n) is 7.40. The van der Waals surface area contributed by atoms with Crippen molar-refractivity contribution >= 4 is 34.6 Å². The van der Waals surface area contributed by atoms with Crippen LogP contribution in [0.3, 0.4) is 0 Å². The van der Waals surface area contributed by atoms with Gasteiger partial charge in [-0.3, -0.25) is 0 Å². The number of carbonyl (C=O) groups excluding carboxylic acids is 2. The molecule has 1 saturated heterocycles. The highest BCUT2D eigenvalue weighted by Crippen LogP contribution is 2.32. The molecule has 1 aromatic carbocycles. The molecule has 0 saturated carbocycles. The lowest BCUT2D eigenvalue weighted by Crippen LogP contribution is -2.50. The molecule has 0 radical (unpaired) electrons. The van der Waals surface area contributed by atoms with Crippen LogP contribution in [-0.2, 0) is 4.74 Å². The van der Waals surface area contributed by atoms with E-state index in [0.29, 0.717) is 54.4 Å². The van der Waals surface area contributed by atoms with Gasteiger partial charge in [-0.2, -0.15) is 0 Å². The summed E-state index contributed by atoms with van der Waals surface area (Å²) in [6, 6.07) is 7.57. The van der Waals surface area contributed by atoms with Crippen molar-refractivity contribution in [3.8, 4) is 0 Å². The number of carbonyl (C=O) groups is 2. The van der Waals surface area contributed by atoms with Crippen molar-refractivity contribution in [1.29, 1.82) is 0 Å². The van der Waals surface area contributed by atoms with Gasteiger partial charge < -0.3 is 24.3 Å². The molecule has 3 heterocycles. The number of nitrogens with one attached hydrogen (secondary N) is 1. The number of nitrogens with zero attached hydrogens (tertiary/aromatic N) is 4. The van der Waals surface area contributed by atoms with Crippen molar-refractivity contribution in [3.05, 3.63) is 47.5 Å². The number of rotatable bonds is 4. The highest BCUT2D eigenvalue weighted by atomic mass is 16.5. The number of hydrogen-bond acceptors (Lipinski definition) is 7. The molecule has 2 aromatic heterocycles. The van der Waals surface area contributed by atoms with Crippen LogP contribution in [0.5, 0.6) is 0 Å². The number of furan rings is 1. The van der Waals surface area contributed by atoms with Crippen LogP contribution in [0.4, 0.5) is 16.3 Å². The van der Waals surface area contributed by atoms with E-state index in [1.807, 2.05) is 36.1 Å². The number of hydrogen-bond donors (Lipinski definition) is 1. The summed E-state index contributed by atoms with van der Waals surface area (Å²) in [5.74, 6) is 0.612. The molecule has 1 fully saturated rings. The third-order valence-corrected chi connectivity index (χ3v) is 5.26. The number of anilines is 2. The Balaban J connectivity index is 1.51. The summed E-state index contributed by atoms with van der Waals surface area (Å²) in [6.45, 7) is 7.91. The van der Waals surface area contributed by atoms with Gasteiger partial charge in [0.25, 0.3) is 0 Å². The molecular formula is C22H25N5O4. The van der Waals surface area contributed by atoms with Crippen LogP contribution in [0.1, 0.15) is 28.6 Å². The van der Waals surface area contributed by atoms with Gasteiger partial charge in [0.2, 0.25) is 5.71 Å². The second kappa shape index (κ2) is 8.63. The van der Waals surface area contributed by atoms with Crippen LogP contribution in [0, 0.1) is 13.8 Å².